The predicted molar refractivity (Wildman–Crippen MR) is 128 cm³/mol. The van der Waals surface area contributed by atoms with Crippen molar-refractivity contribution in [3.05, 3.63) is 84.1 Å². The van der Waals surface area contributed by atoms with Crippen molar-refractivity contribution in [1.82, 2.24) is 4.90 Å². The van der Waals surface area contributed by atoms with Gasteiger partial charge in [-0.05, 0) is 42.1 Å². The second-order valence-corrected chi connectivity index (χ2v) is 14.1. The van der Waals surface area contributed by atoms with E-state index >= 15 is 0 Å². The molecule has 0 aromatic heterocycles. The minimum atomic E-state index is -1.75. The van der Waals surface area contributed by atoms with Crippen LogP contribution in [0.3, 0.4) is 0 Å². The van der Waals surface area contributed by atoms with Crippen LogP contribution in [-0.2, 0) is 22.3 Å². The Balaban J connectivity index is 1.88. The Bertz CT molecular complexity index is 753. The molecule has 2 aromatic rings. The Morgan fingerprint density at radius 3 is 1.90 bits per heavy atom. The van der Waals surface area contributed by atoms with Crippen LogP contribution in [0.4, 0.5) is 0 Å². The lowest BCUT2D eigenvalue weighted by molar-refractivity contribution is -0.132. The van der Waals surface area contributed by atoms with Gasteiger partial charge < -0.3 is 9.33 Å². The highest BCUT2D eigenvalue weighted by Gasteiger charge is 2.37. The van der Waals surface area contributed by atoms with E-state index in [2.05, 4.69) is 64.2 Å². The molecule has 0 heterocycles. The number of benzene rings is 2. The van der Waals surface area contributed by atoms with Crippen LogP contribution in [0.5, 0.6) is 0 Å². The molecule has 0 N–H and O–H groups in total. The number of unbranched alkanes of at least 4 members (excludes halogenated alkanes) is 1. The van der Waals surface area contributed by atoms with Crippen molar-refractivity contribution in [2.75, 3.05) is 0 Å². The average molecular weight is 424 g/mol. The first-order valence-corrected chi connectivity index (χ1v) is 13.8. The maximum Gasteiger partial charge on any atom is 0.249 e. The summed E-state index contributed by atoms with van der Waals surface area (Å²) in [4.78, 5) is 14.9. The van der Waals surface area contributed by atoms with Crippen molar-refractivity contribution in [3.63, 3.8) is 0 Å². The fraction of sp³-hybridized carbons (Fsp3) is 0.423. The molecule has 0 bridgehead atoms. The Hall–Kier alpha value is -2.33. The Morgan fingerprint density at radius 1 is 0.933 bits per heavy atom. The zero-order valence-corrected chi connectivity index (χ0v) is 20.2. The molecular weight excluding hydrogens is 386 g/mol. The van der Waals surface area contributed by atoms with Gasteiger partial charge in [0.15, 0.2) is 0 Å². The Kier molecular flexibility index (Phi) is 8.91. The summed E-state index contributed by atoms with van der Waals surface area (Å²) < 4.78 is 6.07. The summed E-state index contributed by atoms with van der Waals surface area (Å²) in [7, 11) is -1.75. The Morgan fingerprint density at radius 2 is 1.43 bits per heavy atom. The van der Waals surface area contributed by atoms with Crippen LogP contribution in [-0.4, -0.2) is 19.1 Å². The van der Waals surface area contributed by atoms with E-state index in [9.17, 15) is 4.79 Å². The molecule has 0 radical (unpaired) electrons. The second-order valence-electron chi connectivity index (χ2n) is 9.36. The van der Waals surface area contributed by atoms with Gasteiger partial charge in [0.1, 0.15) is 0 Å². The van der Waals surface area contributed by atoms with Crippen molar-refractivity contribution < 1.29 is 9.22 Å². The van der Waals surface area contributed by atoms with Crippen LogP contribution in [0.2, 0.25) is 18.1 Å². The Labute approximate surface area is 183 Å². The van der Waals surface area contributed by atoms with Gasteiger partial charge in [-0.15, -0.1) is 0 Å². The van der Waals surface area contributed by atoms with Gasteiger partial charge in [0.2, 0.25) is 14.2 Å². The molecule has 0 unspecified atom stereocenters. The van der Waals surface area contributed by atoms with Crippen LogP contribution in [0.25, 0.3) is 0 Å². The van der Waals surface area contributed by atoms with Gasteiger partial charge in [0, 0.05) is 19.5 Å². The number of hydrogen-bond acceptors (Lipinski definition) is 2. The number of amides is 1. The molecule has 0 saturated carbocycles. The SMILES string of the molecule is CC(C)(C)[Si](C)(C)O/C=C/CCCC(=O)N(Cc1ccccc1)Cc1ccccc1. The van der Waals surface area contributed by atoms with Crippen LogP contribution >= 0.6 is 0 Å². The zero-order chi connectivity index (χ0) is 22.0. The van der Waals surface area contributed by atoms with Gasteiger partial charge in [-0.1, -0.05) is 87.5 Å². The van der Waals surface area contributed by atoms with Crippen LogP contribution in [0.15, 0.2) is 73.0 Å². The first-order valence-electron chi connectivity index (χ1n) is 10.9. The van der Waals surface area contributed by atoms with E-state index in [0.29, 0.717) is 19.5 Å². The summed E-state index contributed by atoms with van der Waals surface area (Å²) in [6, 6.07) is 20.4. The number of carbonyl (C=O) groups is 1. The van der Waals surface area contributed by atoms with E-state index in [0.717, 1.165) is 24.0 Å². The highest BCUT2D eigenvalue weighted by molar-refractivity contribution is 6.74. The summed E-state index contributed by atoms with van der Waals surface area (Å²) in [5, 5.41) is 0.197. The fourth-order valence-electron chi connectivity index (χ4n) is 2.83. The standard InChI is InChI=1S/C26H37NO2Si/c1-26(2,3)30(4,5)29-20-14-8-13-19-25(28)27(21-23-15-9-6-10-16-23)22-24-17-11-7-12-18-24/h6-7,9-12,14-18,20H,8,13,19,21-22H2,1-5H3/b20-14+. The molecule has 2 rings (SSSR count). The summed E-state index contributed by atoms with van der Waals surface area (Å²) in [6.45, 7) is 12.5. The van der Waals surface area contributed by atoms with Crippen LogP contribution in [0, 0.1) is 0 Å². The number of nitrogens with zero attached hydrogens (tertiary/aromatic N) is 1. The summed E-state index contributed by atoms with van der Waals surface area (Å²) in [5.41, 5.74) is 2.31. The second kappa shape index (κ2) is 11.2. The van der Waals surface area contributed by atoms with E-state index < -0.39 is 8.32 Å². The zero-order valence-electron chi connectivity index (χ0n) is 19.2. The molecule has 0 aliphatic heterocycles. The largest absolute Gasteiger partial charge is 0.549 e. The maximum atomic E-state index is 13.0. The van der Waals surface area contributed by atoms with E-state index in [1.807, 2.05) is 47.6 Å². The van der Waals surface area contributed by atoms with E-state index in [4.69, 9.17) is 4.43 Å². The van der Waals surface area contributed by atoms with Gasteiger partial charge in [-0.25, -0.2) is 0 Å². The molecule has 0 saturated heterocycles. The number of hydrogen-bond donors (Lipinski definition) is 0. The lowest BCUT2D eigenvalue weighted by Crippen LogP contribution is -2.39. The van der Waals surface area contributed by atoms with Crippen LogP contribution in [0.1, 0.15) is 51.2 Å². The van der Waals surface area contributed by atoms with E-state index in [-0.39, 0.29) is 10.9 Å². The molecule has 0 aliphatic rings. The van der Waals surface area contributed by atoms with Crippen LogP contribution < -0.4 is 0 Å². The predicted octanol–water partition coefficient (Wildman–Crippen LogP) is 6.92. The third-order valence-corrected chi connectivity index (χ3v) is 10.1. The summed E-state index contributed by atoms with van der Waals surface area (Å²) in [6.07, 6.45) is 6.14. The smallest absolute Gasteiger partial charge is 0.249 e. The first-order chi connectivity index (χ1) is 14.2. The highest BCUT2D eigenvalue weighted by Crippen LogP contribution is 2.36. The quantitative estimate of drug-likeness (QED) is 0.236. The summed E-state index contributed by atoms with van der Waals surface area (Å²) >= 11 is 0. The number of allylic oxidation sites excluding steroid dienone is 1. The molecule has 2 aromatic carbocycles. The van der Waals surface area contributed by atoms with Crippen molar-refractivity contribution in [1.29, 1.82) is 0 Å². The summed E-state index contributed by atoms with van der Waals surface area (Å²) in [5.74, 6) is 0.196. The lowest BCUT2D eigenvalue weighted by atomic mass is 10.1. The van der Waals surface area contributed by atoms with Gasteiger partial charge in [-0.2, -0.15) is 0 Å². The molecule has 0 atom stereocenters. The van der Waals surface area contributed by atoms with E-state index in [1.165, 1.54) is 0 Å². The van der Waals surface area contributed by atoms with Crippen molar-refractivity contribution in [2.45, 2.75) is 71.3 Å². The van der Waals surface area contributed by atoms with Gasteiger partial charge in [-0.3, -0.25) is 4.79 Å². The van der Waals surface area contributed by atoms with Crippen molar-refractivity contribution in [2.24, 2.45) is 0 Å². The van der Waals surface area contributed by atoms with Gasteiger partial charge in [0.05, 0.1) is 6.26 Å². The molecule has 0 spiro atoms. The molecule has 1 amide bonds. The molecule has 0 fully saturated rings. The average Bonchev–Trinajstić information content (AvgIpc) is 2.70. The lowest BCUT2D eigenvalue weighted by Gasteiger charge is -2.34. The third-order valence-electron chi connectivity index (χ3n) is 5.81. The molecule has 30 heavy (non-hydrogen) atoms. The molecule has 4 heteroatoms. The van der Waals surface area contributed by atoms with Gasteiger partial charge in [0.25, 0.3) is 0 Å². The molecule has 0 aliphatic carbocycles. The first kappa shape index (κ1) is 23.9. The normalized spacial score (nSPS) is 12.2. The topological polar surface area (TPSA) is 29.5 Å². The molecule has 162 valence electrons. The minimum Gasteiger partial charge on any atom is -0.549 e. The third kappa shape index (κ3) is 7.83. The number of carbonyl (C=O) groups excluding carboxylic acids is 1. The monoisotopic (exact) mass is 423 g/mol. The van der Waals surface area contributed by atoms with Gasteiger partial charge >= 0.3 is 0 Å². The van der Waals surface area contributed by atoms with E-state index in [1.54, 1.807) is 0 Å². The minimum absolute atomic E-state index is 0.196. The van der Waals surface area contributed by atoms with Crippen molar-refractivity contribution in [3.8, 4) is 0 Å². The highest BCUT2D eigenvalue weighted by atomic mass is 28.4. The molecular formula is C26H37NO2Si. The molecule has 3 nitrogen and oxygen atoms in total. The number of rotatable bonds is 10. The maximum absolute atomic E-state index is 13.0. The fourth-order valence-corrected chi connectivity index (χ4v) is 3.62. The van der Waals surface area contributed by atoms with Crippen molar-refractivity contribution >= 4 is 14.2 Å².